The van der Waals surface area contributed by atoms with Crippen LogP contribution in [-0.4, -0.2) is 24.4 Å². The van der Waals surface area contributed by atoms with E-state index in [1.54, 1.807) is 0 Å². The Bertz CT molecular complexity index is 350. The Morgan fingerprint density at radius 2 is 1.88 bits per heavy atom. The van der Waals surface area contributed by atoms with Gasteiger partial charge in [0.2, 0.25) is 0 Å². The van der Waals surface area contributed by atoms with Crippen LogP contribution in [0.15, 0.2) is 23.7 Å². The van der Waals surface area contributed by atoms with Crippen molar-refractivity contribution in [2.75, 3.05) is 0 Å². The summed E-state index contributed by atoms with van der Waals surface area (Å²) >= 11 is 2.18. The van der Waals surface area contributed by atoms with E-state index in [4.69, 9.17) is 9.31 Å². The molecule has 1 saturated heterocycles. The van der Waals surface area contributed by atoms with Gasteiger partial charge in [-0.25, -0.2) is 0 Å². The molecule has 0 amide bonds. The van der Waals surface area contributed by atoms with Crippen LogP contribution in [0, 0.1) is 0 Å². The molecule has 0 bridgehead atoms. The average molecular weight is 347 g/mol. The Morgan fingerprint density at radius 3 is 2.41 bits per heavy atom. The number of allylic oxidation sites excluding steroid dienone is 2. The van der Waals surface area contributed by atoms with Crippen LogP contribution in [0.3, 0.4) is 0 Å². The molecule has 0 saturated carbocycles. The van der Waals surface area contributed by atoms with Crippen LogP contribution >= 0.6 is 22.9 Å². The molecule has 17 heavy (non-hydrogen) atoms. The molecule has 1 N–H and O–H groups in total. The number of rotatable bonds is 2. The van der Waals surface area contributed by atoms with E-state index in [1.807, 2.05) is 0 Å². The van der Waals surface area contributed by atoms with Crippen molar-refractivity contribution >= 4 is 30.0 Å². The molecule has 1 fully saturated rings. The minimum atomic E-state index is -0.267. The number of nitrogens with one attached hydrogen (secondary N) is 1. The average Bonchev–Trinajstić information content (AvgIpc) is 2.48. The zero-order valence-electron chi connectivity index (χ0n) is 10.8. The van der Waals surface area contributed by atoms with E-state index < -0.39 is 0 Å². The Balaban J connectivity index is 2.16. The highest BCUT2D eigenvalue weighted by molar-refractivity contribution is 14.1. The van der Waals surface area contributed by atoms with Gasteiger partial charge >= 0.3 is 7.12 Å². The number of halogens is 1. The summed E-state index contributed by atoms with van der Waals surface area (Å²) in [5.41, 5.74) is 0.581. The molecule has 3 nitrogen and oxygen atoms in total. The van der Waals surface area contributed by atoms with Crippen LogP contribution in [0.2, 0.25) is 0 Å². The minimum absolute atomic E-state index is 0.246. The summed E-state index contributed by atoms with van der Waals surface area (Å²) in [5.74, 6) is 0. The molecule has 0 aromatic rings. The summed E-state index contributed by atoms with van der Waals surface area (Å²) < 4.78 is 15.3. The van der Waals surface area contributed by atoms with Gasteiger partial charge in [-0.3, -0.25) is 3.53 Å². The molecule has 1 heterocycles. The monoisotopic (exact) mass is 347 g/mol. The lowest BCUT2D eigenvalue weighted by Crippen LogP contribution is -2.41. The van der Waals surface area contributed by atoms with Gasteiger partial charge in [0.05, 0.1) is 11.2 Å². The van der Waals surface area contributed by atoms with E-state index in [1.165, 1.54) is 0 Å². The largest absolute Gasteiger partial charge is 0.494 e. The molecule has 1 aliphatic carbocycles. The standard InChI is InChI=1S/C12H19BINO2/c1-11(2)12(3,4)17-13(16-11)9-6-5-7-10(8-9)15-14/h5-6,8,10,15H,7H2,1-4H3. The molecule has 2 rings (SSSR count). The van der Waals surface area contributed by atoms with E-state index in [0.717, 1.165) is 11.9 Å². The summed E-state index contributed by atoms with van der Waals surface area (Å²) in [6.45, 7) is 8.31. The molecule has 0 spiro atoms. The van der Waals surface area contributed by atoms with Crippen molar-refractivity contribution in [1.82, 2.24) is 3.53 Å². The first-order valence-electron chi connectivity index (χ1n) is 5.96. The Morgan fingerprint density at radius 1 is 1.29 bits per heavy atom. The van der Waals surface area contributed by atoms with Gasteiger partial charge in [0.15, 0.2) is 0 Å². The third kappa shape index (κ3) is 2.62. The van der Waals surface area contributed by atoms with Crippen molar-refractivity contribution in [3.05, 3.63) is 23.7 Å². The summed E-state index contributed by atoms with van der Waals surface area (Å²) in [7, 11) is -0.246. The molecule has 94 valence electrons. The van der Waals surface area contributed by atoms with E-state index in [-0.39, 0.29) is 18.3 Å². The molecule has 0 radical (unpaired) electrons. The van der Waals surface area contributed by atoms with Crippen molar-refractivity contribution in [2.24, 2.45) is 0 Å². The Labute approximate surface area is 118 Å². The zero-order valence-corrected chi connectivity index (χ0v) is 12.9. The second-order valence-corrected chi connectivity index (χ2v) is 6.23. The van der Waals surface area contributed by atoms with Crippen molar-refractivity contribution in [3.63, 3.8) is 0 Å². The molecular formula is C12H19BINO2. The van der Waals surface area contributed by atoms with Crippen LogP contribution < -0.4 is 3.53 Å². The second-order valence-electron chi connectivity index (χ2n) is 5.61. The van der Waals surface area contributed by atoms with E-state index in [9.17, 15) is 0 Å². The molecule has 1 atom stereocenters. The summed E-state index contributed by atoms with van der Waals surface area (Å²) in [6.07, 6.45) is 7.48. The molecule has 2 aliphatic rings. The quantitative estimate of drug-likeness (QED) is 0.474. The van der Waals surface area contributed by atoms with Crippen molar-refractivity contribution in [1.29, 1.82) is 0 Å². The number of hydrogen-bond donors (Lipinski definition) is 1. The highest BCUT2D eigenvalue weighted by atomic mass is 127. The van der Waals surface area contributed by atoms with Crippen LogP contribution in [0.4, 0.5) is 0 Å². The van der Waals surface area contributed by atoms with Gasteiger partial charge < -0.3 is 9.31 Å². The van der Waals surface area contributed by atoms with Gasteiger partial charge in [0, 0.05) is 28.9 Å². The fourth-order valence-electron chi connectivity index (χ4n) is 1.92. The maximum atomic E-state index is 6.02. The van der Waals surface area contributed by atoms with Crippen molar-refractivity contribution < 1.29 is 9.31 Å². The van der Waals surface area contributed by atoms with Crippen molar-refractivity contribution in [3.8, 4) is 0 Å². The third-order valence-corrected chi connectivity index (χ3v) is 4.56. The normalized spacial score (nSPS) is 30.5. The maximum Gasteiger partial charge on any atom is 0.494 e. The van der Waals surface area contributed by atoms with Gasteiger partial charge in [0.1, 0.15) is 0 Å². The van der Waals surface area contributed by atoms with Crippen LogP contribution in [-0.2, 0) is 9.31 Å². The third-order valence-electron chi connectivity index (χ3n) is 3.76. The summed E-state index contributed by atoms with van der Waals surface area (Å²) in [4.78, 5) is 0. The highest BCUT2D eigenvalue weighted by Crippen LogP contribution is 2.39. The molecular weight excluding hydrogens is 328 g/mol. The Hall–Kier alpha value is 0.155. The van der Waals surface area contributed by atoms with E-state index in [0.29, 0.717) is 6.04 Å². The fraction of sp³-hybridized carbons (Fsp3) is 0.667. The Kier molecular flexibility index (Phi) is 3.74. The fourth-order valence-corrected chi connectivity index (χ4v) is 2.35. The van der Waals surface area contributed by atoms with E-state index >= 15 is 0 Å². The smallest absolute Gasteiger partial charge is 0.399 e. The van der Waals surface area contributed by atoms with Crippen LogP contribution in [0.1, 0.15) is 34.1 Å². The second kappa shape index (κ2) is 4.68. The zero-order chi connectivity index (χ0) is 12.7. The van der Waals surface area contributed by atoms with E-state index in [2.05, 4.69) is 72.3 Å². The molecule has 0 aromatic heterocycles. The maximum absolute atomic E-state index is 6.02. The van der Waals surface area contributed by atoms with Gasteiger partial charge in [-0.15, -0.1) is 0 Å². The topological polar surface area (TPSA) is 30.5 Å². The molecule has 5 heteroatoms. The molecule has 1 unspecified atom stereocenters. The van der Waals surface area contributed by atoms with Gasteiger partial charge in [-0.2, -0.15) is 0 Å². The first kappa shape index (κ1) is 13.6. The molecule has 0 aromatic carbocycles. The van der Waals surface area contributed by atoms with Crippen LogP contribution in [0.25, 0.3) is 0 Å². The predicted molar refractivity (Wildman–Crippen MR) is 78.9 cm³/mol. The summed E-state index contributed by atoms with van der Waals surface area (Å²) in [5, 5.41) is 0. The van der Waals surface area contributed by atoms with Gasteiger partial charge in [-0.05, 0) is 39.6 Å². The highest BCUT2D eigenvalue weighted by Gasteiger charge is 2.52. The first-order valence-corrected chi connectivity index (χ1v) is 7.04. The first-order chi connectivity index (χ1) is 7.86. The summed E-state index contributed by atoms with van der Waals surface area (Å²) in [6, 6.07) is 0.370. The van der Waals surface area contributed by atoms with Gasteiger partial charge in [0.25, 0.3) is 0 Å². The molecule has 1 aliphatic heterocycles. The number of hydrogen-bond acceptors (Lipinski definition) is 3. The van der Waals surface area contributed by atoms with Crippen LogP contribution in [0.5, 0.6) is 0 Å². The SMILES string of the molecule is CC1(C)OB(C2=CC(NI)CC=C2)OC1(C)C. The predicted octanol–water partition coefficient (Wildman–Crippen LogP) is 2.81. The lowest BCUT2D eigenvalue weighted by atomic mass is 9.75. The minimum Gasteiger partial charge on any atom is -0.399 e. The van der Waals surface area contributed by atoms with Gasteiger partial charge in [-0.1, -0.05) is 18.2 Å². The van der Waals surface area contributed by atoms with Crippen molar-refractivity contribution in [2.45, 2.75) is 51.4 Å². The lowest BCUT2D eigenvalue weighted by molar-refractivity contribution is 0.00578. The lowest BCUT2D eigenvalue weighted by Gasteiger charge is -2.32.